The van der Waals surface area contributed by atoms with Crippen LogP contribution in [0.4, 0.5) is 15.2 Å². The largest absolute Gasteiger partial charge is 0.507 e. The summed E-state index contributed by atoms with van der Waals surface area (Å²) >= 11 is 1.19. The van der Waals surface area contributed by atoms with Gasteiger partial charge in [-0.1, -0.05) is 12.1 Å². The average molecular weight is 453 g/mol. The maximum absolute atomic E-state index is 13.4. The molecular formula is C22H16FN3O5S. The minimum absolute atomic E-state index is 0.131. The van der Waals surface area contributed by atoms with Crippen LogP contribution in [-0.4, -0.2) is 26.7 Å². The Morgan fingerprint density at radius 3 is 2.47 bits per heavy atom. The molecule has 162 valence electrons. The monoisotopic (exact) mass is 453 g/mol. The molecule has 0 spiro atoms. The van der Waals surface area contributed by atoms with Gasteiger partial charge in [0.1, 0.15) is 11.6 Å². The summed E-state index contributed by atoms with van der Waals surface area (Å²) in [5.74, 6) is -2.92. The molecule has 1 aromatic heterocycles. The molecule has 1 aliphatic rings. The molecule has 0 radical (unpaired) electrons. The number of anilines is 1. The third-order valence-corrected chi connectivity index (χ3v) is 6.25. The highest BCUT2D eigenvalue weighted by Crippen LogP contribution is 2.44. The molecular weight excluding hydrogens is 437 g/mol. The number of amides is 1. The van der Waals surface area contributed by atoms with Crippen LogP contribution >= 0.6 is 11.3 Å². The summed E-state index contributed by atoms with van der Waals surface area (Å²) in [7, 11) is 0. The number of hydrogen-bond donors (Lipinski definition) is 1. The van der Waals surface area contributed by atoms with Gasteiger partial charge in [-0.25, -0.2) is 9.37 Å². The van der Waals surface area contributed by atoms with Gasteiger partial charge in [0.15, 0.2) is 5.13 Å². The number of Topliss-reactive ketones (excluding diaryl/α,β-unsaturated/α-hetero) is 1. The Balaban J connectivity index is 1.97. The second kappa shape index (κ2) is 7.97. The lowest BCUT2D eigenvalue weighted by molar-refractivity contribution is -0.384. The van der Waals surface area contributed by atoms with E-state index in [-0.39, 0.29) is 27.5 Å². The van der Waals surface area contributed by atoms with Gasteiger partial charge < -0.3 is 5.11 Å². The van der Waals surface area contributed by atoms with Crippen molar-refractivity contribution in [1.29, 1.82) is 0 Å². The number of benzene rings is 2. The second-order valence-electron chi connectivity index (χ2n) is 7.17. The Hall–Kier alpha value is -3.92. The Morgan fingerprint density at radius 2 is 1.88 bits per heavy atom. The number of hydrogen-bond acceptors (Lipinski definition) is 7. The third kappa shape index (κ3) is 3.54. The molecule has 2 heterocycles. The zero-order chi connectivity index (χ0) is 23.2. The van der Waals surface area contributed by atoms with Crippen LogP contribution in [0.15, 0.2) is 54.1 Å². The highest BCUT2D eigenvalue weighted by Gasteiger charge is 2.48. The normalized spacial score (nSPS) is 17.7. The molecule has 1 amide bonds. The number of halogens is 1. The van der Waals surface area contributed by atoms with Crippen molar-refractivity contribution in [2.45, 2.75) is 19.9 Å². The topological polar surface area (TPSA) is 114 Å². The number of non-ortho nitro benzene ring substituents is 1. The number of thiazole rings is 1. The van der Waals surface area contributed by atoms with Crippen molar-refractivity contribution in [3.63, 3.8) is 0 Å². The Labute approximate surface area is 185 Å². The number of aliphatic hydroxyl groups is 1. The zero-order valence-electron chi connectivity index (χ0n) is 16.9. The van der Waals surface area contributed by atoms with E-state index in [9.17, 15) is 29.2 Å². The van der Waals surface area contributed by atoms with E-state index in [1.165, 1.54) is 47.7 Å². The quantitative estimate of drug-likeness (QED) is 0.205. The van der Waals surface area contributed by atoms with Crippen LogP contribution < -0.4 is 4.90 Å². The molecule has 1 saturated heterocycles. The van der Waals surface area contributed by atoms with Crippen LogP contribution in [-0.2, 0) is 9.59 Å². The van der Waals surface area contributed by atoms with Crippen molar-refractivity contribution in [2.75, 3.05) is 4.90 Å². The molecule has 4 rings (SSSR count). The molecule has 3 aromatic rings. The van der Waals surface area contributed by atoms with Gasteiger partial charge in [-0.2, -0.15) is 0 Å². The van der Waals surface area contributed by atoms with E-state index in [0.717, 1.165) is 21.9 Å². The molecule has 0 bridgehead atoms. The van der Waals surface area contributed by atoms with Crippen molar-refractivity contribution in [2.24, 2.45) is 0 Å². The molecule has 10 heteroatoms. The van der Waals surface area contributed by atoms with Gasteiger partial charge in [-0.15, -0.1) is 11.3 Å². The number of carbonyl (C=O) groups excluding carboxylic acids is 2. The fourth-order valence-corrected chi connectivity index (χ4v) is 4.41. The van der Waals surface area contributed by atoms with Gasteiger partial charge in [0, 0.05) is 22.6 Å². The molecule has 1 atom stereocenters. The van der Waals surface area contributed by atoms with Gasteiger partial charge in [-0.3, -0.25) is 24.6 Å². The molecule has 0 saturated carbocycles. The first-order valence-electron chi connectivity index (χ1n) is 9.44. The Bertz CT molecular complexity index is 1280. The van der Waals surface area contributed by atoms with Crippen LogP contribution in [0.3, 0.4) is 0 Å². The van der Waals surface area contributed by atoms with Gasteiger partial charge in [0.05, 0.1) is 22.2 Å². The summed E-state index contributed by atoms with van der Waals surface area (Å²) in [6.07, 6.45) is 0. The predicted molar refractivity (Wildman–Crippen MR) is 116 cm³/mol. The zero-order valence-corrected chi connectivity index (χ0v) is 17.7. The number of nitrogens with zero attached hydrogens (tertiary/aromatic N) is 3. The second-order valence-corrected chi connectivity index (χ2v) is 8.35. The van der Waals surface area contributed by atoms with Crippen molar-refractivity contribution in [3.05, 3.63) is 91.7 Å². The lowest BCUT2D eigenvalue weighted by Gasteiger charge is -2.22. The summed E-state index contributed by atoms with van der Waals surface area (Å²) < 4.78 is 13.4. The summed E-state index contributed by atoms with van der Waals surface area (Å²) in [6.45, 7) is 3.57. The number of nitro benzene ring substituents is 1. The van der Waals surface area contributed by atoms with Crippen LogP contribution in [0.5, 0.6) is 0 Å². The van der Waals surface area contributed by atoms with E-state index in [0.29, 0.717) is 5.69 Å². The van der Waals surface area contributed by atoms with Crippen LogP contribution in [0.25, 0.3) is 5.76 Å². The fraction of sp³-hybridized carbons (Fsp3) is 0.136. The van der Waals surface area contributed by atoms with Crippen molar-refractivity contribution < 1.29 is 24.0 Å². The Morgan fingerprint density at radius 1 is 1.19 bits per heavy atom. The van der Waals surface area contributed by atoms with Crippen molar-refractivity contribution in [3.8, 4) is 0 Å². The number of aryl methyl sites for hydroxylation is 2. The minimum Gasteiger partial charge on any atom is -0.507 e. The lowest BCUT2D eigenvalue weighted by atomic mass is 9.95. The first-order chi connectivity index (χ1) is 15.2. The molecule has 1 fully saturated rings. The highest BCUT2D eigenvalue weighted by molar-refractivity contribution is 7.16. The third-order valence-electron chi connectivity index (χ3n) is 5.18. The van der Waals surface area contributed by atoms with Crippen molar-refractivity contribution in [1.82, 2.24) is 4.98 Å². The molecule has 0 aliphatic carbocycles. The van der Waals surface area contributed by atoms with Gasteiger partial charge in [0.2, 0.25) is 0 Å². The highest BCUT2D eigenvalue weighted by atomic mass is 32.1. The number of rotatable bonds is 4. The first-order valence-corrected chi connectivity index (χ1v) is 10.3. The van der Waals surface area contributed by atoms with E-state index in [4.69, 9.17) is 0 Å². The summed E-state index contributed by atoms with van der Waals surface area (Å²) in [6, 6.07) is 9.13. The molecule has 32 heavy (non-hydrogen) atoms. The maximum Gasteiger partial charge on any atom is 0.301 e. The maximum atomic E-state index is 13.4. The summed E-state index contributed by atoms with van der Waals surface area (Å²) in [5, 5.41) is 22.5. The fourth-order valence-electron chi connectivity index (χ4n) is 3.48. The average Bonchev–Trinajstić information content (AvgIpc) is 3.23. The minimum atomic E-state index is -1.15. The molecule has 1 unspecified atom stereocenters. The SMILES string of the molecule is Cc1nc(N2C(=O)C(=O)C(=C(O)c3ccc(F)cc3)C2c2cccc([N+](=O)[O-])c2)sc1C. The van der Waals surface area contributed by atoms with Crippen LogP contribution in [0, 0.1) is 29.8 Å². The van der Waals surface area contributed by atoms with Gasteiger partial charge >= 0.3 is 5.91 Å². The predicted octanol–water partition coefficient (Wildman–Crippen LogP) is 4.43. The first kappa shape index (κ1) is 21.3. The molecule has 1 N–H and O–H groups in total. The summed E-state index contributed by atoms with van der Waals surface area (Å²) in [5.41, 5.74) is 0.566. The van der Waals surface area contributed by atoms with E-state index < -0.39 is 34.2 Å². The van der Waals surface area contributed by atoms with Crippen LogP contribution in [0.1, 0.15) is 27.7 Å². The number of nitro groups is 1. The molecule has 2 aromatic carbocycles. The van der Waals surface area contributed by atoms with Crippen molar-refractivity contribution >= 4 is 39.6 Å². The smallest absolute Gasteiger partial charge is 0.301 e. The number of aromatic nitrogens is 1. The Kier molecular flexibility index (Phi) is 5.31. The summed E-state index contributed by atoms with van der Waals surface area (Å²) in [4.78, 5) is 43.1. The molecule has 8 nitrogen and oxygen atoms in total. The van der Waals surface area contributed by atoms with E-state index in [1.807, 2.05) is 6.92 Å². The lowest BCUT2D eigenvalue weighted by Crippen LogP contribution is -2.29. The van der Waals surface area contributed by atoms with E-state index in [1.54, 1.807) is 6.92 Å². The number of ketones is 1. The van der Waals surface area contributed by atoms with Gasteiger partial charge in [-0.05, 0) is 43.7 Å². The number of aliphatic hydroxyl groups excluding tert-OH is 1. The van der Waals surface area contributed by atoms with Crippen LogP contribution in [0.2, 0.25) is 0 Å². The number of carbonyl (C=O) groups is 2. The standard InChI is InChI=1S/C22H16FN3O5S/c1-11-12(2)32-22(24-11)25-18(14-4-3-5-16(10-14)26(30)31)17(20(28)21(25)29)19(27)13-6-8-15(23)9-7-13/h3-10,18,27H,1-2H3. The molecule has 1 aliphatic heterocycles. The van der Waals surface area contributed by atoms with E-state index in [2.05, 4.69) is 4.98 Å². The van der Waals surface area contributed by atoms with Gasteiger partial charge in [0.25, 0.3) is 11.5 Å². The van der Waals surface area contributed by atoms with E-state index >= 15 is 0 Å².